The lowest BCUT2D eigenvalue weighted by molar-refractivity contribution is 0.0146. The van der Waals surface area contributed by atoms with E-state index in [1.165, 1.54) is 70.9 Å². The summed E-state index contributed by atoms with van der Waals surface area (Å²) in [5.74, 6) is 0.733. The first kappa shape index (κ1) is 15.8. The van der Waals surface area contributed by atoms with Gasteiger partial charge in [-0.1, -0.05) is 26.2 Å². The third-order valence-electron chi connectivity index (χ3n) is 6.08. The molecule has 3 aliphatic rings. The highest BCUT2D eigenvalue weighted by Crippen LogP contribution is 2.43. The van der Waals surface area contributed by atoms with Gasteiger partial charge in [0.05, 0.1) is 6.61 Å². The molecule has 1 aliphatic carbocycles. The summed E-state index contributed by atoms with van der Waals surface area (Å²) in [6, 6.07) is 0.653. The van der Waals surface area contributed by atoms with Gasteiger partial charge in [0.1, 0.15) is 0 Å². The van der Waals surface area contributed by atoms with Crippen LogP contribution in [0.4, 0.5) is 0 Å². The second-order valence-electron chi connectivity index (χ2n) is 7.41. The molecule has 3 nitrogen and oxygen atoms in total. The van der Waals surface area contributed by atoms with E-state index in [9.17, 15) is 0 Å². The predicted octanol–water partition coefficient (Wildman–Crippen LogP) is 3.19. The minimum absolute atomic E-state index is 0.438. The summed E-state index contributed by atoms with van der Waals surface area (Å²) in [5, 5.41) is 3.97. The Morgan fingerprint density at radius 3 is 2.52 bits per heavy atom. The van der Waals surface area contributed by atoms with Crippen molar-refractivity contribution >= 4 is 0 Å². The van der Waals surface area contributed by atoms with Crippen LogP contribution in [0.5, 0.6) is 0 Å². The normalized spacial score (nSPS) is 31.6. The maximum Gasteiger partial charge on any atom is 0.0510 e. The Morgan fingerprint density at radius 1 is 1.14 bits per heavy atom. The van der Waals surface area contributed by atoms with Gasteiger partial charge >= 0.3 is 0 Å². The lowest BCUT2D eigenvalue weighted by Gasteiger charge is -2.50. The van der Waals surface area contributed by atoms with E-state index in [1.807, 2.05) is 0 Å². The lowest BCUT2D eigenvalue weighted by Crippen LogP contribution is -2.63. The molecule has 0 amide bonds. The van der Waals surface area contributed by atoms with Crippen molar-refractivity contribution in [1.82, 2.24) is 10.2 Å². The van der Waals surface area contributed by atoms with Gasteiger partial charge in [0.15, 0.2) is 0 Å². The van der Waals surface area contributed by atoms with Crippen molar-refractivity contribution in [2.45, 2.75) is 76.3 Å². The zero-order chi connectivity index (χ0) is 14.5. The standard InChI is InChI=1S/C18H34N2O/c1-2-11-19-17(16-8-14-21-15-16)18(9-4-5-10-18)20-12-6-3-7-13-20/h16-17,19H,2-15H2,1H3. The summed E-state index contributed by atoms with van der Waals surface area (Å²) in [7, 11) is 0. The third-order valence-corrected chi connectivity index (χ3v) is 6.08. The lowest BCUT2D eigenvalue weighted by atomic mass is 9.77. The fourth-order valence-electron chi connectivity index (χ4n) is 5.06. The van der Waals surface area contributed by atoms with E-state index in [0.29, 0.717) is 11.6 Å². The van der Waals surface area contributed by atoms with Crippen LogP contribution in [0.3, 0.4) is 0 Å². The zero-order valence-corrected chi connectivity index (χ0v) is 13.9. The molecule has 0 aromatic carbocycles. The summed E-state index contributed by atoms with van der Waals surface area (Å²) < 4.78 is 5.75. The number of rotatable bonds is 6. The van der Waals surface area contributed by atoms with E-state index in [-0.39, 0.29) is 0 Å². The molecule has 0 radical (unpaired) electrons. The van der Waals surface area contributed by atoms with Gasteiger partial charge in [-0.05, 0) is 58.2 Å². The Balaban J connectivity index is 1.79. The van der Waals surface area contributed by atoms with Crippen LogP contribution in [-0.4, -0.2) is 49.3 Å². The molecule has 2 atom stereocenters. The van der Waals surface area contributed by atoms with Crippen molar-refractivity contribution in [2.24, 2.45) is 5.92 Å². The van der Waals surface area contributed by atoms with Crippen molar-refractivity contribution in [3.8, 4) is 0 Å². The molecular formula is C18H34N2O. The fraction of sp³-hybridized carbons (Fsp3) is 1.00. The average molecular weight is 294 g/mol. The average Bonchev–Trinajstić information content (AvgIpc) is 3.21. The van der Waals surface area contributed by atoms with Crippen molar-refractivity contribution in [3.63, 3.8) is 0 Å². The number of nitrogens with one attached hydrogen (secondary N) is 1. The second-order valence-corrected chi connectivity index (χ2v) is 7.41. The van der Waals surface area contributed by atoms with Crippen LogP contribution in [0, 0.1) is 5.92 Å². The maximum atomic E-state index is 5.75. The Morgan fingerprint density at radius 2 is 1.90 bits per heavy atom. The topological polar surface area (TPSA) is 24.5 Å². The molecule has 2 saturated heterocycles. The molecule has 0 bridgehead atoms. The number of nitrogens with zero attached hydrogens (tertiary/aromatic N) is 1. The van der Waals surface area contributed by atoms with E-state index < -0.39 is 0 Å². The van der Waals surface area contributed by atoms with Crippen LogP contribution in [0.1, 0.15) is 64.7 Å². The highest BCUT2D eigenvalue weighted by atomic mass is 16.5. The largest absolute Gasteiger partial charge is 0.381 e. The zero-order valence-electron chi connectivity index (χ0n) is 13.9. The van der Waals surface area contributed by atoms with E-state index in [1.54, 1.807) is 0 Å². The Kier molecular flexibility index (Phi) is 5.58. The molecule has 122 valence electrons. The van der Waals surface area contributed by atoms with Crippen LogP contribution in [0.15, 0.2) is 0 Å². The van der Waals surface area contributed by atoms with E-state index in [0.717, 1.165) is 25.7 Å². The molecule has 2 aliphatic heterocycles. The van der Waals surface area contributed by atoms with Crippen molar-refractivity contribution in [3.05, 3.63) is 0 Å². The molecule has 0 spiro atoms. The number of ether oxygens (including phenoxy) is 1. The number of piperidine rings is 1. The van der Waals surface area contributed by atoms with Crippen LogP contribution in [-0.2, 0) is 4.74 Å². The smallest absolute Gasteiger partial charge is 0.0510 e. The predicted molar refractivity (Wildman–Crippen MR) is 87.6 cm³/mol. The first-order chi connectivity index (χ1) is 10.4. The first-order valence-electron chi connectivity index (χ1n) is 9.43. The third kappa shape index (κ3) is 3.30. The Hall–Kier alpha value is -0.120. The van der Waals surface area contributed by atoms with Gasteiger partial charge in [-0.2, -0.15) is 0 Å². The molecular weight excluding hydrogens is 260 g/mol. The molecule has 3 fully saturated rings. The van der Waals surface area contributed by atoms with Crippen molar-refractivity contribution < 1.29 is 4.74 Å². The van der Waals surface area contributed by atoms with E-state index in [2.05, 4.69) is 17.1 Å². The number of hydrogen-bond acceptors (Lipinski definition) is 3. The Bertz CT molecular complexity index is 302. The monoisotopic (exact) mass is 294 g/mol. The minimum Gasteiger partial charge on any atom is -0.381 e. The highest BCUT2D eigenvalue weighted by Gasteiger charge is 2.49. The summed E-state index contributed by atoms with van der Waals surface area (Å²) in [6.45, 7) is 8.08. The molecule has 0 aromatic heterocycles. The first-order valence-corrected chi connectivity index (χ1v) is 9.43. The van der Waals surface area contributed by atoms with Crippen molar-refractivity contribution in [2.75, 3.05) is 32.8 Å². The van der Waals surface area contributed by atoms with E-state index >= 15 is 0 Å². The quantitative estimate of drug-likeness (QED) is 0.814. The maximum absolute atomic E-state index is 5.75. The Labute approximate surface area is 130 Å². The van der Waals surface area contributed by atoms with Gasteiger partial charge in [0.2, 0.25) is 0 Å². The van der Waals surface area contributed by atoms with Gasteiger partial charge in [-0.15, -0.1) is 0 Å². The molecule has 1 saturated carbocycles. The molecule has 0 aromatic rings. The van der Waals surface area contributed by atoms with Gasteiger partial charge in [0, 0.05) is 24.1 Å². The van der Waals surface area contributed by atoms with Gasteiger partial charge in [0.25, 0.3) is 0 Å². The molecule has 2 unspecified atom stereocenters. The van der Waals surface area contributed by atoms with Gasteiger partial charge in [-0.3, -0.25) is 4.90 Å². The van der Waals surface area contributed by atoms with Gasteiger partial charge < -0.3 is 10.1 Å². The molecule has 3 heteroatoms. The summed E-state index contributed by atoms with van der Waals surface area (Å²) in [5.41, 5.74) is 0.438. The van der Waals surface area contributed by atoms with Crippen LogP contribution in [0.25, 0.3) is 0 Å². The number of hydrogen-bond donors (Lipinski definition) is 1. The van der Waals surface area contributed by atoms with Gasteiger partial charge in [-0.25, -0.2) is 0 Å². The molecule has 21 heavy (non-hydrogen) atoms. The van der Waals surface area contributed by atoms with Crippen LogP contribution in [0.2, 0.25) is 0 Å². The minimum atomic E-state index is 0.438. The fourth-order valence-corrected chi connectivity index (χ4v) is 5.06. The SMILES string of the molecule is CCCNC(C1CCOC1)C1(N2CCCCC2)CCCC1. The second kappa shape index (κ2) is 7.43. The number of likely N-dealkylation sites (tertiary alicyclic amines) is 1. The van der Waals surface area contributed by atoms with Crippen LogP contribution < -0.4 is 5.32 Å². The summed E-state index contributed by atoms with van der Waals surface area (Å²) in [6.07, 6.45) is 12.4. The molecule has 3 rings (SSSR count). The van der Waals surface area contributed by atoms with E-state index in [4.69, 9.17) is 4.74 Å². The highest BCUT2D eigenvalue weighted by molar-refractivity contribution is 5.07. The summed E-state index contributed by atoms with van der Waals surface area (Å²) >= 11 is 0. The summed E-state index contributed by atoms with van der Waals surface area (Å²) in [4.78, 5) is 2.88. The molecule has 1 N–H and O–H groups in total. The molecule has 2 heterocycles. The van der Waals surface area contributed by atoms with Crippen LogP contribution >= 0.6 is 0 Å². The van der Waals surface area contributed by atoms with Crippen molar-refractivity contribution in [1.29, 1.82) is 0 Å².